The summed E-state index contributed by atoms with van der Waals surface area (Å²) >= 11 is 1.20. The van der Waals surface area contributed by atoms with Crippen LogP contribution in [0.15, 0.2) is 36.5 Å². The van der Waals surface area contributed by atoms with Crippen molar-refractivity contribution in [3.63, 3.8) is 0 Å². The first-order chi connectivity index (χ1) is 10.3. The van der Waals surface area contributed by atoms with Gasteiger partial charge in [-0.05, 0) is 28.7 Å². The number of benzene rings is 1. The van der Waals surface area contributed by atoms with Gasteiger partial charge in [-0.1, -0.05) is 24.3 Å². The zero-order chi connectivity index (χ0) is 14.7. The quantitative estimate of drug-likeness (QED) is 0.686. The lowest BCUT2D eigenvalue weighted by Crippen LogP contribution is -1.99. The van der Waals surface area contributed by atoms with Gasteiger partial charge in [0, 0.05) is 12.7 Å². The lowest BCUT2D eigenvalue weighted by molar-refractivity contribution is 1.09. The summed E-state index contributed by atoms with van der Waals surface area (Å²) in [5.74, 6) is 0.277. The maximum atomic E-state index is 9.01. The highest BCUT2D eigenvalue weighted by Crippen LogP contribution is 2.26. The zero-order valence-corrected chi connectivity index (χ0v) is 11.8. The Kier molecular flexibility index (Phi) is 3.53. The van der Waals surface area contributed by atoms with Crippen molar-refractivity contribution < 1.29 is 0 Å². The van der Waals surface area contributed by atoms with Gasteiger partial charge in [-0.2, -0.15) is 14.7 Å². The Morgan fingerprint density at radius 1 is 1.29 bits per heavy atom. The Bertz CT molecular complexity index is 767. The van der Waals surface area contributed by atoms with E-state index in [2.05, 4.69) is 26.0 Å². The third-order valence-electron chi connectivity index (χ3n) is 3.05. The van der Waals surface area contributed by atoms with Gasteiger partial charge in [0.15, 0.2) is 5.82 Å². The number of rotatable bonds is 4. The molecule has 0 fully saturated rings. The molecule has 0 bridgehead atoms. The number of aromatic amines is 1. The molecule has 0 atom stereocenters. The Hall–Kier alpha value is -2.85. The molecule has 104 valence electrons. The summed E-state index contributed by atoms with van der Waals surface area (Å²) in [6, 6.07) is 12.1. The van der Waals surface area contributed by atoms with Crippen LogP contribution in [0.1, 0.15) is 11.1 Å². The molecule has 2 heterocycles. The first-order valence-electron chi connectivity index (χ1n) is 6.25. The molecule has 0 spiro atoms. The van der Waals surface area contributed by atoms with Crippen LogP contribution in [0.4, 0.5) is 10.8 Å². The van der Waals surface area contributed by atoms with Gasteiger partial charge in [-0.3, -0.25) is 5.10 Å². The molecule has 2 aromatic heterocycles. The summed E-state index contributed by atoms with van der Waals surface area (Å²) < 4.78 is 3.97. The van der Waals surface area contributed by atoms with Crippen molar-refractivity contribution in [3.05, 3.63) is 47.7 Å². The monoisotopic (exact) mass is 296 g/mol. The van der Waals surface area contributed by atoms with E-state index in [0.29, 0.717) is 17.1 Å². The number of hydrogen-bond acceptors (Lipinski definition) is 6. The van der Waals surface area contributed by atoms with E-state index >= 15 is 0 Å². The van der Waals surface area contributed by atoms with Crippen LogP contribution in [0, 0.1) is 11.3 Å². The molecule has 1 aromatic carbocycles. The van der Waals surface area contributed by atoms with Gasteiger partial charge in [0.25, 0.3) is 0 Å². The molecule has 0 aliphatic carbocycles. The van der Waals surface area contributed by atoms with Crippen molar-refractivity contribution in [2.75, 3.05) is 11.1 Å². The maximum Gasteiger partial charge on any atom is 0.157 e. The van der Waals surface area contributed by atoms with E-state index in [1.165, 1.54) is 11.5 Å². The average molecular weight is 296 g/mol. The molecule has 0 aliphatic rings. The van der Waals surface area contributed by atoms with Crippen molar-refractivity contribution in [1.29, 1.82) is 5.26 Å². The van der Waals surface area contributed by atoms with Crippen LogP contribution < -0.4 is 11.1 Å². The fraction of sp³-hybridized carbons (Fsp3) is 0.0714. The standard InChI is InChI=1S/C14H12N6S/c15-7-11-13(16)20-21-14(11)17-8-9-1-3-10(4-2-9)12-5-6-18-19-12/h1-6,17H,8H2,(H2,16,20)(H,18,19). The number of nitriles is 1. The lowest BCUT2D eigenvalue weighted by Gasteiger charge is -2.05. The van der Waals surface area contributed by atoms with Gasteiger partial charge in [-0.25, -0.2) is 0 Å². The van der Waals surface area contributed by atoms with Crippen molar-refractivity contribution in [2.24, 2.45) is 0 Å². The number of nitrogens with two attached hydrogens (primary N) is 1. The fourth-order valence-corrected chi connectivity index (χ4v) is 2.59. The van der Waals surface area contributed by atoms with Gasteiger partial charge >= 0.3 is 0 Å². The van der Waals surface area contributed by atoms with E-state index in [1.54, 1.807) is 6.20 Å². The van der Waals surface area contributed by atoms with Crippen LogP contribution in [0.5, 0.6) is 0 Å². The molecular formula is C14H12N6S. The number of aromatic nitrogens is 3. The first-order valence-corrected chi connectivity index (χ1v) is 7.03. The molecule has 0 amide bonds. The first kappa shape index (κ1) is 13.1. The van der Waals surface area contributed by atoms with Crippen LogP contribution >= 0.6 is 11.5 Å². The van der Waals surface area contributed by atoms with E-state index < -0.39 is 0 Å². The molecular weight excluding hydrogens is 284 g/mol. The summed E-state index contributed by atoms with van der Waals surface area (Å²) in [7, 11) is 0. The smallest absolute Gasteiger partial charge is 0.157 e. The normalized spacial score (nSPS) is 10.2. The molecule has 7 heteroatoms. The number of nitrogens with one attached hydrogen (secondary N) is 2. The summed E-state index contributed by atoms with van der Waals surface area (Å²) in [5, 5.41) is 19.8. The van der Waals surface area contributed by atoms with Crippen LogP contribution in [-0.4, -0.2) is 14.6 Å². The Morgan fingerprint density at radius 2 is 2.10 bits per heavy atom. The molecule has 0 saturated heterocycles. The van der Waals surface area contributed by atoms with Gasteiger partial charge in [0.05, 0.1) is 5.69 Å². The number of H-pyrrole nitrogens is 1. The van der Waals surface area contributed by atoms with Crippen molar-refractivity contribution in [2.45, 2.75) is 6.54 Å². The van der Waals surface area contributed by atoms with Gasteiger partial charge in [0.2, 0.25) is 0 Å². The number of hydrogen-bond donors (Lipinski definition) is 3. The van der Waals surface area contributed by atoms with Crippen molar-refractivity contribution >= 4 is 22.4 Å². The molecule has 6 nitrogen and oxygen atoms in total. The second-order valence-electron chi connectivity index (χ2n) is 4.40. The van der Waals surface area contributed by atoms with Crippen LogP contribution in [0.3, 0.4) is 0 Å². The highest BCUT2D eigenvalue weighted by atomic mass is 32.1. The highest BCUT2D eigenvalue weighted by Gasteiger charge is 2.10. The topological polar surface area (TPSA) is 103 Å². The lowest BCUT2D eigenvalue weighted by atomic mass is 10.1. The predicted octanol–water partition coefficient (Wildman–Crippen LogP) is 2.60. The van der Waals surface area contributed by atoms with Crippen molar-refractivity contribution in [1.82, 2.24) is 14.6 Å². The average Bonchev–Trinajstić information content (AvgIpc) is 3.15. The van der Waals surface area contributed by atoms with E-state index in [9.17, 15) is 0 Å². The van der Waals surface area contributed by atoms with Crippen LogP contribution in [0.25, 0.3) is 11.3 Å². The van der Waals surface area contributed by atoms with Crippen LogP contribution in [-0.2, 0) is 6.54 Å². The van der Waals surface area contributed by atoms with E-state index in [0.717, 1.165) is 16.8 Å². The molecule has 3 rings (SSSR count). The number of anilines is 2. The van der Waals surface area contributed by atoms with Gasteiger partial charge in [-0.15, -0.1) is 0 Å². The van der Waals surface area contributed by atoms with Crippen LogP contribution in [0.2, 0.25) is 0 Å². The minimum atomic E-state index is 0.277. The Balaban J connectivity index is 1.70. The van der Waals surface area contributed by atoms with E-state index in [4.69, 9.17) is 11.0 Å². The molecule has 0 unspecified atom stereocenters. The van der Waals surface area contributed by atoms with Gasteiger partial charge in [0.1, 0.15) is 16.6 Å². The summed E-state index contributed by atoms with van der Waals surface area (Å²) in [6.45, 7) is 0.611. The summed E-state index contributed by atoms with van der Waals surface area (Å²) in [6.07, 6.45) is 1.72. The fourth-order valence-electron chi connectivity index (χ4n) is 1.93. The second kappa shape index (κ2) is 5.64. The Morgan fingerprint density at radius 3 is 2.76 bits per heavy atom. The number of nitrogen functional groups attached to an aromatic ring is 1. The molecule has 0 radical (unpaired) electrons. The SMILES string of the molecule is N#Cc1c(N)nsc1NCc1ccc(-c2ccn[nH]2)cc1. The second-order valence-corrected chi connectivity index (χ2v) is 5.18. The summed E-state index contributed by atoms with van der Waals surface area (Å²) in [4.78, 5) is 0. The molecule has 0 saturated carbocycles. The van der Waals surface area contributed by atoms with Crippen molar-refractivity contribution in [3.8, 4) is 17.3 Å². The molecule has 0 aliphatic heterocycles. The zero-order valence-electron chi connectivity index (χ0n) is 11.0. The molecule has 4 N–H and O–H groups in total. The molecule has 3 aromatic rings. The van der Waals surface area contributed by atoms with E-state index in [-0.39, 0.29) is 5.82 Å². The Labute approximate surface area is 125 Å². The van der Waals surface area contributed by atoms with Gasteiger partial charge < -0.3 is 11.1 Å². The predicted molar refractivity (Wildman–Crippen MR) is 82.6 cm³/mol. The maximum absolute atomic E-state index is 9.01. The summed E-state index contributed by atoms with van der Waals surface area (Å²) in [5.41, 5.74) is 9.20. The minimum absolute atomic E-state index is 0.277. The third-order valence-corrected chi connectivity index (χ3v) is 3.87. The third kappa shape index (κ3) is 2.70. The molecule has 21 heavy (non-hydrogen) atoms. The highest BCUT2D eigenvalue weighted by molar-refractivity contribution is 7.10. The largest absolute Gasteiger partial charge is 0.382 e. The minimum Gasteiger partial charge on any atom is -0.382 e. The van der Waals surface area contributed by atoms with E-state index in [1.807, 2.05) is 30.3 Å². The number of nitrogens with zero attached hydrogens (tertiary/aromatic N) is 3.